The molecular formula is C17H25N3. The number of nitrogens with zero attached hydrogens (tertiary/aromatic N) is 3. The third-order valence-corrected chi connectivity index (χ3v) is 4.84. The molecule has 0 N–H and O–H groups in total. The Bertz CT molecular complexity index is 604. The van der Waals surface area contributed by atoms with Crippen LogP contribution in [0.2, 0.25) is 0 Å². The molecule has 0 radical (unpaired) electrons. The summed E-state index contributed by atoms with van der Waals surface area (Å²) in [6.07, 6.45) is 3.40. The summed E-state index contributed by atoms with van der Waals surface area (Å²) >= 11 is 0. The van der Waals surface area contributed by atoms with Crippen molar-refractivity contribution in [3.05, 3.63) is 30.2 Å². The van der Waals surface area contributed by atoms with Crippen LogP contribution in [0.25, 0.3) is 11.2 Å². The molecule has 20 heavy (non-hydrogen) atoms. The molecule has 0 aromatic carbocycles. The van der Waals surface area contributed by atoms with Crippen molar-refractivity contribution in [2.24, 2.45) is 10.8 Å². The molecule has 2 aromatic rings. The predicted molar refractivity (Wildman–Crippen MR) is 83.6 cm³/mol. The van der Waals surface area contributed by atoms with Gasteiger partial charge in [-0.1, -0.05) is 48.5 Å². The zero-order valence-corrected chi connectivity index (χ0v) is 13.7. The molecule has 0 aliphatic heterocycles. The lowest BCUT2D eigenvalue weighted by Gasteiger charge is -2.51. The molecule has 3 nitrogen and oxygen atoms in total. The van der Waals surface area contributed by atoms with Gasteiger partial charge in [0, 0.05) is 23.5 Å². The molecular weight excluding hydrogens is 246 g/mol. The van der Waals surface area contributed by atoms with E-state index in [2.05, 4.69) is 64.5 Å². The lowest BCUT2D eigenvalue weighted by atomic mass is 9.53. The van der Waals surface area contributed by atoms with E-state index >= 15 is 0 Å². The van der Waals surface area contributed by atoms with E-state index in [0.29, 0.717) is 0 Å². The van der Waals surface area contributed by atoms with Crippen LogP contribution in [0.5, 0.6) is 0 Å². The van der Waals surface area contributed by atoms with Crippen molar-refractivity contribution in [2.45, 2.75) is 53.9 Å². The van der Waals surface area contributed by atoms with Crippen LogP contribution in [-0.4, -0.2) is 15.0 Å². The summed E-state index contributed by atoms with van der Waals surface area (Å²) in [4.78, 5) is 13.5. The molecule has 0 aliphatic rings. The van der Waals surface area contributed by atoms with Crippen LogP contribution < -0.4 is 0 Å². The van der Waals surface area contributed by atoms with Gasteiger partial charge in [-0.15, -0.1) is 0 Å². The molecule has 0 amide bonds. The summed E-state index contributed by atoms with van der Waals surface area (Å²) in [5.41, 5.74) is 2.78. The minimum Gasteiger partial charge on any atom is -0.251 e. The standard InChI is InChI=1S/C17H25N3/c1-15(2,3)17(7,16(4,5)6)13-9-8-12-14(20-13)19-11-10-18-12/h8-11H,1-7H3. The Morgan fingerprint density at radius 3 is 1.85 bits per heavy atom. The SMILES string of the molecule is CC(C)(C)C(C)(c1ccc2nccnc2n1)C(C)(C)C. The van der Waals surface area contributed by atoms with E-state index in [1.165, 1.54) is 0 Å². The fraction of sp³-hybridized carbons (Fsp3) is 0.588. The van der Waals surface area contributed by atoms with Crippen molar-refractivity contribution in [3.63, 3.8) is 0 Å². The maximum absolute atomic E-state index is 4.81. The average Bonchev–Trinajstić information content (AvgIpc) is 2.34. The summed E-state index contributed by atoms with van der Waals surface area (Å²) in [5, 5.41) is 0. The van der Waals surface area contributed by atoms with Gasteiger partial charge in [-0.05, 0) is 23.0 Å². The highest BCUT2D eigenvalue weighted by atomic mass is 14.9. The number of pyridine rings is 1. The fourth-order valence-electron chi connectivity index (χ4n) is 3.03. The monoisotopic (exact) mass is 271 g/mol. The Labute approximate surface area is 121 Å². The molecule has 2 heterocycles. The molecule has 3 heteroatoms. The van der Waals surface area contributed by atoms with Crippen molar-refractivity contribution in [2.75, 3.05) is 0 Å². The zero-order valence-electron chi connectivity index (χ0n) is 13.7. The number of aromatic nitrogens is 3. The first-order valence-electron chi connectivity index (χ1n) is 7.15. The average molecular weight is 271 g/mol. The maximum atomic E-state index is 4.81. The van der Waals surface area contributed by atoms with Crippen LogP contribution in [0.4, 0.5) is 0 Å². The van der Waals surface area contributed by atoms with Crippen molar-refractivity contribution < 1.29 is 0 Å². The number of fused-ring (bicyclic) bond motifs is 1. The second-order valence-corrected chi connectivity index (χ2v) is 7.72. The Morgan fingerprint density at radius 1 is 0.750 bits per heavy atom. The van der Waals surface area contributed by atoms with E-state index in [-0.39, 0.29) is 16.2 Å². The Hall–Kier alpha value is -1.51. The van der Waals surface area contributed by atoms with E-state index in [4.69, 9.17) is 4.98 Å². The van der Waals surface area contributed by atoms with Gasteiger partial charge in [-0.3, -0.25) is 4.98 Å². The summed E-state index contributed by atoms with van der Waals surface area (Å²) < 4.78 is 0. The van der Waals surface area contributed by atoms with Gasteiger partial charge in [-0.25, -0.2) is 9.97 Å². The van der Waals surface area contributed by atoms with E-state index in [9.17, 15) is 0 Å². The van der Waals surface area contributed by atoms with Crippen molar-refractivity contribution in [1.29, 1.82) is 0 Å². The van der Waals surface area contributed by atoms with Gasteiger partial charge >= 0.3 is 0 Å². The first kappa shape index (κ1) is 14.9. The van der Waals surface area contributed by atoms with Crippen LogP contribution in [0, 0.1) is 10.8 Å². The molecule has 0 atom stereocenters. The molecule has 108 valence electrons. The van der Waals surface area contributed by atoms with Crippen molar-refractivity contribution in [1.82, 2.24) is 15.0 Å². The van der Waals surface area contributed by atoms with Gasteiger partial charge < -0.3 is 0 Å². The second kappa shape index (κ2) is 4.51. The van der Waals surface area contributed by atoms with Crippen LogP contribution in [0.3, 0.4) is 0 Å². The minimum atomic E-state index is -0.0638. The van der Waals surface area contributed by atoms with E-state index < -0.39 is 0 Å². The van der Waals surface area contributed by atoms with Crippen molar-refractivity contribution >= 4 is 11.2 Å². The normalized spacial score (nSPS) is 13.8. The van der Waals surface area contributed by atoms with Crippen LogP contribution in [0.1, 0.15) is 54.2 Å². The molecule has 2 aromatic heterocycles. The highest BCUT2D eigenvalue weighted by Crippen LogP contribution is 2.52. The van der Waals surface area contributed by atoms with E-state index in [1.807, 2.05) is 6.07 Å². The van der Waals surface area contributed by atoms with Gasteiger partial charge in [0.25, 0.3) is 0 Å². The molecule has 0 saturated heterocycles. The summed E-state index contributed by atoms with van der Waals surface area (Å²) in [6, 6.07) is 4.13. The largest absolute Gasteiger partial charge is 0.251 e. The lowest BCUT2D eigenvalue weighted by molar-refractivity contribution is 0.0655. The van der Waals surface area contributed by atoms with Gasteiger partial charge in [-0.2, -0.15) is 0 Å². The fourth-order valence-corrected chi connectivity index (χ4v) is 3.03. The van der Waals surface area contributed by atoms with Crippen LogP contribution >= 0.6 is 0 Å². The summed E-state index contributed by atoms with van der Waals surface area (Å²) in [5.74, 6) is 0. The topological polar surface area (TPSA) is 38.7 Å². The highest BCUT2D eigenvalue weighted by Gasteiger charge is 2.49. The summed E-state index contributed by atoms with van der Waals surface area (Å²) in [6.45, 7) is 16.0. The smallest absolute Gasteiger partial charge is 0.178 e. The quantitative estimate of drug-likeness (QED) is 0.773. The molecule has 0 aliphatic carbocycles. The zero-order chi connectivity index (χ0) is 15.2. The van der Waals surface area contributed by atoms with Gasteiger partial charge in [0.1, 0.15) is 5.52 Å². The van der Waals surface area contributed by atoms with Crippen LogP contribution in [0.15, 0.2) is 24.5 Å². The molecule has 0 saturated carbocycles. The molecule has 0 spiro atoms. The second-order valence-electron chi connectivity index (χ2n) is 7.72. The third kappa shape index (κ3) is 2.19. The molecule has 0 fully saturated rings. The number of hydrogen-bond donors (Lipinski definition) is 0. The number of rotatable bonds is 1. The third-order valence-electron chi connectivity index (χ3n) is 4.84. The highest BCUT2D eigenvalue weighted by molar-refractivity contribution is 5.69. The Morgan fingerprint density at radius 2 is 1.30 bits per heavy atom. The predicted octanol–water partition coefficient (Wildman–Crippen LogP) is 4.37. The Balaban J connectivity index is 2.70. The first-order chi connectivity index (χ1) is 9.07. The first-order valence-corrected chi connectivity index (χ1v) is 7.15. The maximum Gasteiger partial charge on any atom is 0.178 e. The Kier molecular flexibility index (Phi) is 3.35. The molecule has 0 unspecified atom stereocenters. The van der Waals surface area contributed by atoms with Crippen LogP contribution in [-0.2, 0) is 5.41 Å². The summed E-state index contributed by atoms with van der Waals surface area (Å²) in [7, 11) is 0. The number of hydrogen-bond acceptors (Lipinski definition) is 3. The molecule has 2 rings (SSSR count). The van der Waals surface area contributed by atoms with Gasteiger partial charge in [0.05, 0.1) is 0 Å². The van der Waals surface area contributed by atoms with Gasteiger partial charge in [0.2, 0.25) is 0 Å². The van der Waals surface area contributed by atoms with Crippen molar-refractivity contribution in [3.8, 4) is 0 Å². The lowest BCUT2D eigenvalue weighted by Crippen LogP contribution is -2.48. The van der Waals surface area contributed by atoms with Gasteiger partial charge in [0.15, 0.2) is 5.65 Å². The minimum absolute atomic E-state index is 0.0638. The van der Waals surface area contributed by atoms with E-state index in [1.54, 1.807) is 12.4 Å². The van der Waals surface area contributed by atoms with E-state index in [0.717, 1.165) is 16.9 Å². The molecule has 0 bridgehead atoms.